The quantitative estimate of drug-likeness (QED) is 0.0472. The van der Waals surface area contributed by atoms with E-state index >= 15 is 0 Å². The van der Waals surface area contributed by atoms with Gasteiger partial charge >= 0.3 is 38.4 Å². The fourth-order valence-electron chi connectivity index (χ4n) is 11.5. The van der Waals surface area contributed by atoms with Gasteiger partial charge in [0.15, 0.2) is 11.4 Å². The van der Waals surface area contributed by atoms with E-state index in [0.29, 0.717) is 84.7 Å². The van der Waals surface area contributed by atoms with Crippen LogP contribution in [0.1, 0.15) is 111 Å². The number of ether oxygens (including phenoxy) is 10. The van der Waals surface area contributed by atoms with Crippen LogP contribution in [0.5, 0.6) is 23.5 Å². The summed E-state index contributed by atoms with van der Waals surface area (Å²) in [7, 11) is 0. The van der Waals surface area contributed by atoms with Crippen molar-refractivity contribution in [3.8, 4) is 68.0 Å². The number of rotatable bonds is 22. The number of carbonyl (C=O) groups is 4. The molecule has 2 amide bonds. The highest BCUT2D eigenvalue weighted by Gasteiger charge is 2.34. The normalized spacial score (nSPS) is 15.9. The molecule has 4 aliphatic heterocycles. The van der Waals surface area contributed by atoms with Crippen LogP contribution in [-0.4, -0.2) is 134 Å². The first-order chi connectivity index (χ1) is 51.5. The zero-order valence-corrected chi connectivity index (χ0v) is 56.5. The molecule has 8 heterocycles. The lowest BCUT2D eigenvalue weighted by atomic mass is 9.94. The Morgan fingerprint density at radius 3 is 0.789 bits per heavy atom. The van der Waals surface area contributed by atoms with Crippen LogP contribution in [0.4, 0.5) is 70.2 Å². The van der Waals surface area contributed by atoms with Gasteiger partial charge in [-0.2, -0.15) is 35.1 Å². The van der Waals surface area contributed by atoms with Gasteiger partial charge in [-0.05, 0) is 160 Å². The predicted molar refractivity (Wildman–Crippen MR) is 353 cm³/mol. The van der Waals surface area contributed by atoms with Gasteiger partial charge in [0, 0.05) is 68.8 Å². The van der Waals surface area contributed by atoms with Crippen LogP contribution in [0.2, 0.25) is 0 Å². The van der Waals surface area contributed by atoms with Crippen LogP contribution in [0.15, 0.2) is 97.1 Å². The van der Waals surface area contributed by atoms with Gasteiger partial charge < -0.3 is 58.8 Å². The molecule has 0 spiro atoms. The maximum atomic E-state index is 14.4. The molecule has 4 aromatic carbocycles. The number of carbonyl (C=O) groups excluding carboxylic acids is 4. The standard InChI is InChI=1S/2C19H17F4NO4.2C17H14F4N2O3.CH4/c2*1-2-26-18(25)16-8-14(12-5-3-10(20)7-15(12)21)13-6-4-11(9-27-19(22)23)28-17(13)24-16;2*18-8-1-3-10(13(19)5-8)12-6-14(15(22)24)23-16-11(12)4-2-9(26-16)7-25-17(20)21;/h2*3,5,7-8,11,19H,2,4,6,9H2,1H3;2*1,3,5-6,9,17H,2,4,7H2,(H2,22,24);1H4/t2*11-;2*9-;/m1010./s1. The van der Waals surface area contributed by atoms with Crippen molar-refractivity contribution in [3.05, 3.63) is 189 Å². The molecule has 12 rings (SSSR count). The van der Waals surface area contributed by atoms with E-state index in [4.69, 9.17) is 39.9 Å². The molecule has 0 aliphatic carbocycles. The van der Waals surface area contributed by atoms with Crippen LogP contribution in [0.3, 0.4) is 0 Å². The molecule has 109 heavy (non-hydrogen) atoms. The number of hydrogen-bond donors (Lipinski definition) is 2. The Hall–Kier alpha value is -10.7. The van der Waals surface area contributed by atoms with Crippen molar-refractivity contribution >= 4 is 23.8 Å². The van der Waals surface area contributed by atoms with E-state index in [1.165, 1.54) is 48.5 Å². The summed E-state index contributed by atoms with van der Waals surface area (Å²) in [6, 6.07) is 17.5. The third-order valence-electron chi connectivity index (χ3n) is 16.3. The average molecular weight is 1560 g/mol. The molecule has 4 N–H and O–H groups in total. The molecule has 4 aliphatic rings. The maximum absolute atomic E-state index is 14.4. The first-order valence-corrected chi connectivity index (χ1v) is 32.6. The number of nitrogens with zero attached hydrogens (tertiary/aromatic N) is 4. The molecule has 0 saturated carbocycles. The number of aromatic nitrogens is 4. The van der Waals surface area contributed by atoms with Crippen LogP contribution in [0, 0.1) is 46.5 Å². The number of benzene rings is 4. The number of esters is 2. The zero-order chi connectivity index (χ0) is 78.2. The summed E-state index contributed by atoms with van der Waals surface area (Å²) in [5.41, 5.74) is 13.3. The average Bonchev–Trinajstić information content (AvgIpc) is 0.796. The van der Waals surface area contributed by atoms with Crippen molar-refractivity contribution < 1.29 is 137 Å². The first kappa shape index (κ1) is 83.9. The molecule has 0 saturated heterocycles. The van der Waals surface area contributed by atoms with Gasteiger partial charge in [-0.1, -0.05) is 7.43 Å². The summed E-state index contributed by atoms with van der Waals surface area (Å²) >= 11 is 0. The molecule has 0 radical (unpaired) electrons. The molecule has 0 fully saturated rings. The lowest BCUT2D eigenvalue weighted by Crippen LogP contribution is -2.30. The molecule has 0 unspecified atom stereocenters. The largest absolute Gasteiger partial charge is 0.472 e. The smallest absolute Gasteiger partial charge is 0.357 e. The van der Waals surface area contributed by atoms with Crippen molar-refractivity contribution in [1.82, 2.24) is 19.9 Å². The molecule has 0 bridgehead atoms. The van der Waals surface area contributed by atoms with E-state index in [1.54, 1.807) is 13.8 Å². The maximum Gasteiger partial charge on any atom is 0.357 e. The number of pyridine rings is 4. The van der Waals surface area contributed by atoms with Gasteiger partial charge in [0.25, 0.3) is 11.8 Å². The third kappa shape index (κ3) is 22.2. The van der Waals surface area contributed by atoms with Crippen LogP contribution in [-0.2, 0) is 54.1 Å². The second-order valence-corrected chi connectivity index (χ2v) is 23.5. The Morgan fingerprint density at radius 1 is 0.367 bits per heavy atom. The van der Waals surface area contributed by atoms with Crippen LogP contribution in [0.25, 0.3) is 44.5 Å². The summed E-state index contributed by atoms with van der Waals surface area (Å²) in [6.45, 7) is -9.75. The van der Waals surface area contributed by atoms with E-state index in [2.05, 4.69) is 38.9 Å². The lowest BCUT2D eigenvalue weighted by Gasteiger charge is -2.27. The third-order valence-corrected chi connectivity index (χ3v) is 16.3. The first-order valence-electron chi connectivity index (χ1n) is 32.6. The minimum Gasteiger partial charge on any atom is -0.472 e. The Kier molecular flexibility index (Phi) is 29.5. The topological polar surface area (TPSA) is 264 Å². The predicted octanol–water partition coefficient (Wildman–Crippen LogP) is 15.0. The molecule has 584 valence electrons. The monoisotopic (exact) mass is 1550 g/mol. The van der Waals surface area contributed by atoms with Gasteiger partial charge in [-0.3, -0.25) is 9.59 Å². The lowest BCUT2D eigenvalue weighted by molar-refractivity contribution is -0.146. The summed E-state index contributed by atoms with van der Waals surface area (Å²) < 4.78 is 257. The number of alkyl halides is 8. The number of primary amides is 2. The number of hydrogen-bond acceptors (Lipinski definition) is 18. The fourth-order valence-corrected chi connectivity index (χ4v) is 11.5. The highest BCUT2D eigenvalue weighted by Crippen LogP contribution is 2.42. The summed E-state index contributed by atoms with van der Waals surface area (Å²) in [4.78, 5) is 63.5. The van der Waals surface area contributed by atoms with Gasteiger partial charge in [-0.25, -0.2) is 64.6 Å². The fraction of sp³-hybridized carbons (Fsp3) is 0.342. The second-order valence-electron chi connectivity index (χ2n) is 23.5. The number of halogens is 16. The zero-order valence-electron chi connectivity index (χ0n) is 56.5. The van der Waals surface area contributed by atoms with Crippen LogP contribution < -0.4 is 30.4 Å². The second kappa shape index (κ2) is 38.4. The van der Waals surface area contributed by atoms with Crippen molar-refractivity contribution in [1.29, 1.82) is 0 Å². The Bertz CT molecular complexity index is 4290. The van der Waals surface area contributed by atoms with Gasteiger partial charge in [0.1, 0.15) is 82.3 Å². The molecule has 4 aromatic heterocycles. The Balaban J connectivity index is 0.000000182. The molecular formula is C73H66F16N6O14. The van der Waals surface area contributed by atoms with Gasteiger partial charge in [0.05, 0.1) is 39.6 Å². The van der Waals surface area contributed by atoms with Crippen molar-refractivity contribution in [2.75, 3.05) is 39.6 Å². The Labute approximate surface area is 609 Å². The highest BCUT2D eigenvalue weighted by atomic mass is 19.3. The van der Waals surface area contributed by atoms with E-state index in [-0.39, 0.29) is 127 Å². The van der Waals surface area contributed by atoms with Gasteiger partial charge in [0.2, 0.25) is 23.5 Å². The molecule has 36 heteroatoms. The molecule has 20 nitrogen and oxygen atoms in total. The highest BCUT2D eigenvalue weighted by molar-refractivity contribution is 5.94. The van der Waals surface area contributed by atoms with E-state index in [0.717, 1.165) is 48.5 Å². The van der Waals surface area contributed by atoms with Crippen molar-refractivity contribution in [2.45, 2.75) is 124 Å². The minimum absolute atomic E-state index is 0. The number of amides is 2. The SMILES string of the molecule is C.CCOC(=O)c1cc(-c2ccc(F)cc2F)c2c(n1)O[C@@H](COC(F)F)CC2.CCOC(=O)c1cc(-c2ccc(F)cc2F)c2c(n1)O[C@H](COC(F)F)CC2.NC(=O)c1cc(-c2ccc(F)cc2F)c2c(n1)O[C@@H](COC(F)F)CC2.NC(=O)c1cc(-c2ccc(F)cc2F)c2c(n1)O[C@H](COC(F)F)CC2. The van der Waals surface area contributed by atoms with Gasteiger partial charge in [-0.15, -0.1) is 0 Å². The molecule has 8 aromatic rings. The summed E-state index contributed by atoms with van der Waals surface area (Å²) in [5, 5.41) is 0. The van der Waals surface area contributed by atoms with Crippen molar-refractivity contribution in [3.63, 3.8) is 0 Å². The molecular weight excluding hydrogens is 1490 g/mol. The number of fused-ring (bicyclic) bond motifs is 4. The van der Waals surface area contributed by atoms with Crippen molar-refractivity contribution in [2.24, 2.45) is 11.5 Å². The van der Waals surface area contributed by atoms with Crippen LogP contribution >= 0.6 is 0 Å². The van der Waals surface area contributed by atoms with E-state index in [9.17, 15) is 89.4 Å². The summed E-state index contributed by atoms with van der Waals surface area (Å²) in [6.07, 6.45) is -0.170. The summed E-state index contributed by atoms with van der Waals surface area (Å²) in [5.74, 6) is -9.46. The van der Waals surface area contributed by atoms with E-state index < -0.39 is 121 Å². The van der Waals surface area contributed by atoms with E-state index in [1.807, 2.05) is 0 Å². The Morgan fingerprint density at radius 2 is 0.587 bits per heavy atom. The number of nitrogens with two attached hydrogens (primary N) is 2. The molecule has 4 atom stereocenters. The minimum atomic E-state index is -2.94.